The van der Waals surface area contributed by atoms with Crippen LogP contribution < -0.4 is 5.32 Å². The summed E-state index contributed by atoms with van der Waals surface area (Å²) in [5.41, 5.74) is 2.76. The summed E-state index contributed by atoms with van der Waals surface area (Å²) in [6.07, 6.45) is 1.53. The van der Waals surface area contributed by atoms with Gasteiger partial charge in [-0.25, -0.2) is 4.79 Å². The van der Waals surface area contributed by atoms with Gasteiger partial charge in [-0.1, -0.05) is 43.4 Å². The minimum Gasteiger partial charge on any atom is -0.451 e. The van der Waals surface area contributed by atoms with Crippen LogP contribution in [0.25, 0.3) is 0 Å². The van der Waals surface area contributed by atoms with Crippen molar-refractivity contribution in [3.05, 3.63) is 56.5 Å². The summed E-state index contributed by atoms with van der Waals surface area (Å²) < 4.78 is 4.94. The van der Waals surface area contributed by atoms with E-state index >= 15 is 0 Å². The van der Waals surface area contributed by atoms with Crippen LogP contribution in [0.1, 0.15) is 34.6 Å². The topological polar surface area (TPSA) is 98.5 Å². The van der Waals surface area contributed by atoms with Crippen LogP contribution in [0, 0.1) is 10.1 Å². The van der Waals surface area contributed by atoms with Gasteiger partial charge in [-0.3, -0.25) is 14.9 Å². The van der Waals surface area contributed by atoms with Crippen LogP contribution >= 0.6 is 11.3 Å². The number of ether oxygens (including phenoxy) is 1. The van der Waals surface area contributed by atoms with Crippen LogP contribution in [-0.2, 0) is 22.4 Å². The molecule has 0 aliphatic heterocycles. The van der Waals surface area contributed by atoms with E-state index in [1.54, 1.807) is 0 Å². The highest BCUT2D eigenvalue weighted by Crippen LogP contribution is 2.25. The molecule has 0 atom stereocenters. The fourth-order valence-electron chi connectivity index (χ4n) is 2.32. The lowest BCUT2D eigenvalue weighted by molar-refractivity contribution is -0.380. The summed E-state index contributed by atoms with van der Waals surface area (Å²) in [4.78, 5) is 34.1. The number of nitro groups is 1. The van der Waals surface area contributed by atoms with E-state index in [4.69, 9.17) is 4.74 Å². The maximum absolute atomic E-state index is 12.1. The van der Waals surface area contributed by atoms with Crippen molar-refractivity contribution in [3.8, 4) is 0 Å². The van der Waals surface area contributed by atoms with Crippen LogP contribution in [0.15, 0.2) is 30.3 Å². The molecule has 7 nitrogen and oxygen atoms in total. The molecule has 1 aromatic heterocycles. The number of esters is 1. The van der Waals surface area contributed by atoms with E-state index in [0.717, 1.165) is 29.7 Å². The Balaban J connectivity index is 1.99. The second kappa shape index (κ2) is 8.39. The number of anilines is 1. The molecule has 2 aromatic rings. The third-order valence-electron chi connectivity index (χ3n) is 3.57. The first-order valence-corrected chi connectivity index (χ1v) is 8.59. The van der Waals surface area contributed by atoms with Gasteiger partial charge in [-0.05, 0) is 30.0 Å². The molecule has 132 valence electrons. The molecule has 0 aliphatic carbocycles. The molecule has 0 saturated heterocycles. The van der Waals surface area contributed by atoms with E-state index in [0.29, 0.717) is 11.3 Å². The summed E-state index contributed by atoms with van der Waals surface area (Å²) in [7, 11) is 0. The molecule has 2 rings (SSSR count). The molecule has 1 amide bonds. The standard InChI is InChI=1S/C17H18N2O5S/c1-3-11-6-5-7-12(4-2)16(11)18-14(20)10-24-17(21)13-8-9-15(25-13)19(22)23/h5-9H,3-4,10H2,1-2H3,(H,18,20). The van der Waals surface area contributed by atoms with E-state index in [9.17, 15) is 19.7 Å². The van der Waals surface area contributed by atoms with Crippen molar-refractivity contribution < 1.29 is 19.2 Å². The number of hydrogen-bond donors (Lipinski definition) is 1. The van der Waals surface area contributed by atoms with Gasteiger partial charge in [-0.2, -0.15) is 0 Å². The number of benzene rings is 1. The van der Waals surface area contributed by atoms with Gasteiger partial charge < -0.3 is 10.1 Å². The number of carbonyl (C=O) groups is 2. The minimum absolute atomic E-state index is 0.0858. The molecular formula is C17H18N2O5S. The molecule has 0 aliphatic rings. The molecular weight excluding hydrogens is 344 g/mol. The van der Waals surface area contributed by atoms with E-state index in [1.807, 2.05) is 32.0 Å². The molecule has 0 radical (unpaired) electrons. The Hall–Kier alpha value is -2.74. The largest absolute Gasteiger partial charge is 0.451 e. The fraction of sp³-hybridized carbons (Fsp3) is 0.294. The number of para-hydroxylation sites is 1. The van der Waals surface area contributed by atoms with Crippen LogP contribution in [0.3, 0.4) is 0 Å². The molecule has 1 aromatic carbocycles. The molecule has 25 heavy (non-hydrogen) atoms. The van der Waals surface area contributed by atoms with Crippen LogP contribution in [0.4, 0.5) is 10.7 Å². The first-order valence-electron chi connectivity index (χ1n) is 7.78. The van der Waals surface area contributed by atoms with Crippen molar-refractivity contribution in [3.63, 3.8) is 0 Å². The van der Waals surface area contributed by atoms with Crippen molar-refractivity contribution in [2.24, 2.45) is 0 Å². The predicted molar refractivity (Wildman–Crippen MR) is 95.1 cm³/mol. The van der Waals surface area contributed by atoms with Crippen LogP contribution in [0.5, 0.6) is 0 Å². The molecule has 0 spiro atoms. The average Bonchev–Trinajstić information content (AvgIpc) is 3.10. The highest BCUT2D eigenvalue weighted by Gasteiger charge is 2.18. The van der Waals surface area contributed by atoms with Gasteiger partial charge in [0.05, 0.1) is 4.92 Å². The van der Waals surface area contributed by atoms with Gasteiger partial charge >= 0.3 is 11.0 Å². The predicted octanol–water partition coefficient (Wildman–Crippen LogP) is 3.58. The molecule has 0 unspecified atom stereocenters. The number of rotatable bonds is 7. The third-order valence-corrected chi connectivity index (χ3v) is 4.59. The zero-order valence-corrected chi connectivity index (χ0v) is 14.7. The Morgan fingerprint density at radius 1 is 1.16 bits per heavy atom. The number of nitrogens with zero attached hydrogens (tertiary/aromatic N) is 1. The number of carbonyl (C=O) groups excluding carboxylic acids is 2. The summed E-state index contributed by atoms with van der Waals surface area (Å²) in [6, 6.07) is 8.35. The molecule has 1 heterocycles. The highest BCUT2D eigenvalue weighted by atomic mass is 32.1. The zero-order chi connectivity index (χ0) is 18.4. The SMILES string of the molecule is CCc1cccc(CC)c1NC(=O)COC(=O)c1ccc([N+](=O)[O-])s1. The summed E-state index contributed by atoms with van der Waals surface area (Å²) in [5, 5.41) is 13.3. The zero-order valence-electron chi connectivity index (χ0n) is 13.9. The van der Waals surface area contributed by atoms with Crippen molar-refractivity contribution >= 4 is 33.9 Å². The van der Waals surface area contributed by atoms with Crippen LogP contribution in [0.2, 0.25) is 0 Å². The molecule has 0 fully saturated rings. The van der Waals surface area contributed by atoms with Gasteiger partial charge in [0.2, 0.25) is 0 Å². The van der Waals surface area contributed by atoms with Crippen molar-refractivity contribution in [2.45, 2.75) is 26.7 Å². The maximum atomic E-state index is 12.1. The second-order valence-electron chi connectivity index (χ2n) is 5.18. The first kappa shape index (κ1) is 18.6. The number of hydrogen-bond acceptors (Lipinski definition) is 6. The monoisotopic (exact) mass is 362 g/mol. The maximum Gasteiger partial charge on any atom is 0.349 e. The Bertz CT molecular complexity index is 778. The van der Waals surface area contributed by atoms with Gasteiger partial charge in [0, 0.05) is 11.8 Å². The second-order valence-corrected chi connectivity index (χ2v) is 6.24. The van der Waals surface area contributed by atoms with E-state index in [1.165, 1.54) is 12.1 Å². The van der Waals surface area contributed by atoms with Gasteiger partial charge in [0.15, 0.2) is 6.61 Å². The van der Waals surface area contributed by atoms with Crippen LogP contribution in [-0.4, -0.2) is 23.4 Å². The number of nitrogens with one attached hydrogen (secondary N) is 1. The lowest BCUT2D eigenvalue weighted by Crippen LogP contribution is -2.22. The Morgan fingerprint density at radius 3 is 2.32 bits per heavy atom. The van der Waals surface area contributed by atoms with E-state index in [2.05, 4.69) is 5.32 Å². The summed E-state index contributed by atoms with van der Waals surface area (Å²) >= 11 is 0.712. The van der Waals surface area contributed by atoms with Crippen molar-refractivity contribution in [2.75, 3.05) is 11.9 Å². The normalized spacial score (nSPS) is 10.3. The smallest absolute Gasteiger partial charge is 0.349 e. The molecule has 8 heteroatoms. The highest BCUT2D eigenvalue weighted by molar-refractivity contribution is 7.17. The Morgan fingerprint density at radius 2 is 1.80 bits per heavy atom. The van der Waals surface area contributed by atoms with Gasteiger partial charge in [-0.15, -0.1) is 0 Å². The van der Waals surface area contributed by atoms with Crippen molar-refractivity contribution in [1.29, 1.82) is 0 Å². The van der Waals surface area contributed by atoms with Crippen molar-refractivity contribution in [1.82, 2.24) is 0 Å². The first-order chi connectivity index (χ1) is 12.0. The molecule has 0 saturated carbocycles. The van der Waals surface area contributed by atoms with E-state index in [-0.39, 0.29) is 9.88 Å². The fourth-order valence-corrected chi connectivity index (χ4v) is 3.03. The van der Waals surface area contributed by atoms with Gasteiger partial charge in [0.25, 0.3) is 5.91 Å². The summed E-state index contributed by atoms with van der Waals surface area (Å²) in [5.74, 6) is -1.21. The number of aryl methyl sites for hydroxylation is 2. The lowest BCUT2D eigenvalue weighted by atomic mass is 10.0. The molecule has 1 N–H and O–H groups in total. The number of amides is 1. The third kappa shape index (κ3) is 4.63. The van der Waals surface area contributed by atoms with Gasteiger partial charge in [0.1, 0.15) is 4.88 Å². The molecule has 0 bridgehead atoms. The lowest BCUT2D eigenvalue weighted by Gasteiger charge is -2.14. The number of thiophene rings is 1. The quantitative estimate of drug-likeness (QED) is 0.461. The van der Waals surface area contributed by atoms with E-state index < -0.39 is 23.4 Å². The average molecular weight is 362 g/mol. The Kier molecular flexibility index (Phi) is 6.24. The minimum atomic E-state index is -0.757. The Labute approximate surface area is 148 Å². The summed E-state index contributed by atoms with van der Waals surface area (Å²) in [6.45, 7) is 3.54.